The highest BCUT2D eigenvalue weighted by Gasteiger charge is 2.05. The minimum absolute atomic E-state index is 0.613. The summed E-state index contributed by atoms with van der Waals surface area (Å²) in [4.78, 5) is 4.29. The fraction of sp³-hybridized carbons (Fsp3) is 0.222. The molecule has 0 saturated carbocycles. The van der Waals surface area contributed by atoms with Crippen LogP contribution in [0, 0.1) is 6.92 Å². The van der Waals surface area contributed by atoms with Crippen molar-refractivity contribution < 1.29 is 4.74 Å². The van der Waals surface area contributed by atoms with Gasteiger partial charge in [0, 0.05) is 12.3 Å². The van der Waals surface area contributed by atoms with E-state index in [1.165, 1.54) is 0 Å². The molecule has 0 fully saturated rings. The number of ether oxygens (including phenoxy) is 1. The molecule has 2 aromatic heterocycles. The fourth-order valence-electron chi connectivity index (χ4n) is 1.39. The predicted octanol–water partition coefficient (Wildman–Crippen LogP) is 1.07. The Morgan fingerprint density at radius 2 is 2.23 bits per heavy atom. The van der Waals surface area contributed by atoms with Crippen LogP contribution in [0.15, 0.2) is 18.3 Å². The average Bonchev–Trinajstić information content (AvgIpc) is 2.42. The highest BCUT2D eigenvalue weighted by atomic mass is 16.5. The minimum Gasteiger partial charge on any atom is -0.481 e. The van der Waals surface area contributed by atoms with Gasteiger partial charge in [0.25, 0.3) is 0 Å². The van der Waals surface area contributed by atoms with E-state index in [0.717, 1.165) is 16.6 Å². The van der Waals surface area contributed by atoms with Gasteiger partial charge in [-0.05, 0) is 18.6 Å². The van der Waals surface area contributed by atoms with Crippen molar-refractivity contribution in [3.63, 3.8) is 0 Å². The Hall–Kier alpha value is -1.71. The molecule has 0 aromatic carbocycles. The Morgan fingerprint density at radius 3 is 2.92 bits per heavy atom. The first-order valence-corrected chi connectivity index (χ1v) is 4.00. The summed E-state index contributed by atoms with van der Waals surface area (Å²) in [6, 6.07) is 3.69. The van der Waals surface area contributed by atoms with Gasteiger partial charge in [-0.1, -0.05) is 0 Å². The lowest BCUT2D eigenvalue weighted by Crippen LogP contribution is -2.05. The van der Waals surface area contributed by atoms with Crippen LogP contribution < -0.4 is 10.6 Å². The standard InChI is InChI=1S/C9H11N3O/c1-6-5-12(10)7-3-4-8(13-2)11-9(6)7/h3-5H,10H2,1-2H3. The predicted molar refractivity (Wildman–Crippen MR) is 51.2 cm³/mol. The second kappa shape index (κ2) is 2.65. The minimum atomic E-state index is 0.613. The van der Waals surface area contributed by atoms with Gasteiger partial charge in [0.05, 0.1) is 18.1 Å². The average molecular weight is 177 g/mol. The maximum Gasteiger partial charge on any atom is 0.213 e. The lowest BCUT2D eigenvalue weighted by molar-refractivity contribution is 0.399. The molecule has 2 aromatic rings. The second-order valence-corrected chi connectivity index (χ2v) is 2.94. The van der Waals surface area contributed by atoms with Crippen LogP contribution >= 0.6 is 0 Å². The van der Waals surface area contributed by atoms with E-state index >= 15 is 0 Å². The molecule has 0 unspecified atom stereocenters. The first kappa shape index (κ1) is 7.91. The van der Waals surface area contributed by atoms with Crippen LogP contribution in [-0.4, -0.2) is 16.8 Å². The van der Waals surface area contributed by atoms with E-state index in [2.05, 4.69) is 4.98 Å². The second-order valence-electron chi connectivity index (χ2n) is 2.94. The van der Waals surface area contributed by atoms with Crippen LogP contribution in [0.4, 0.5) is 0 Å². The third-order valence-corrected chi connectivity index (χ3v) is 2.04. The molecule has 4 heteroatoms. The molecule has 2 heterocycles. The molecule has 68 valence electrons. The summed E-state index contributed by atoms with van der Waals surface area (Å²) >= 11 is 0. The van der Waals surface area contributed by atoms with Crippen molar-refractivity contribution in [1.82, 2.24) is 9.66 Å². The van der Waals surface area contributed by atoms with E-state index in [4.69, 9.17) is 10.6 Å². The van der Waals surface area contributed by atoms with Gasteiger partial charge in [0.1, 0.15) is 0 Å². The molecule has 0 radical (unpaired) electrons. The Kier molecular flexibility index (Phi) is 1.62. The SMILES string of the molecule is COc1ccc2c(n1)c(C)cn2N. The molecule has 0 aliphatic carbocycles. The van der Waals surface area contributed by atoms with Crippen LogP contribution in [-0.2, 0) is 0 Å². The zero-order valence-electron chi connectivity index (χ0n) is 7.61. The van der Waals surface area contributed by atoms with E-state index in [1.54, 1.807) is 17.9 Å². The van der Waals surface area contributed by atoms with E-state index in [1.807, 2.05) is 19.2 Å². The molecule has 0 aliphatic heterocycles. The lowest BCUT2D eigenvalue weighted by Gasteiger charge is -1.99. The number of nitrogens with two attached hydrogens (primary N) is 1. The van der Waals surface area contributed by atoms with Gasteiger partial charge in [0.15, 0.2) is 0 Å². The van der Waals surface area contributed by atoms with Gasteiger partial charge in [-0.2, -0.15) is 0 Å². The zero-order valence-corrected chi connectivity index (χ0v) is 7.61. The van der Waals surface area contributed by atoms with Crippen LogP contribution in [0.1, 0.15) is 5.56 Å². The highest BCUT2D eigenvalue weighted by Crippen LogP contribution is 2.19. The van der Waals surface area contributed by atoms with Crippen molar-refractivity contribution in [1.29, 1.82) is 0 Å². The molecule has 0 saturated heterocycles. The molecule has 0 atom stereocenters. The zero-order chi connectivity index (χ0) is 9.42. The molecular formula is C9H11N3O. The summed E-state index contributed by atoms with van der Waals surface area (Å²) in [7, 11) is 1.60. The molecular weight excluding hydrogens is 166 g/mol. The quantitative estimate of drug-likeness (QED) is 0.663. The summed E-state index contributed by atoms with van der Waals surface area (Å²) in [5, 5.41) is 0. The topological polar surface area (TPSA) is 53.1 Å². The molecule has 0 spiro atoms. The van der Waals surface area contributed by atoms with Crippen LogP contribution in [0.2, 0.25) is 0 Å². The fourth-order valence-corrected chi connectivity index (χ4v) is 1.39. The van der Waals surface area contributed by atoms with Crippen LogP contribution in [0.3, 0.4) is 0 Å². The van der Waals surface area contributed by atoms with Gasteiger partial charge < -0.3 is 10.6 Å². The number of aryl methyl sites for hydroxylation is 1. The van der Waals surface area contributed by atoms with Crippen molar-refractivity contribution in [3.8, 4) is 5.88 Å². The van der Waals surface area contributed by atoms with Crippen molar-refractivity contribution in [2.45, 2.75) is 6.92 Å². The summed E-state index contributed by atoms with van der Waals surface area (Å²) in [5.74, 6) is 6.32. The van der Waals surface area contributed by atoms with Gasteiger partial charge >= 0.3 is 0 Å². The van der Waals surface area contributed by atoms with Gasteiger partial charge in [-0.3, -0.25) is 4.68 Å². The van der Waals surface area contributed by atoms with Crippen LogP contribution in [0.25, 0.3) is 11.0 Å². The van der Waals surface area contributed by atoms with Crippen molar-refractivity contribution in [2.24, 2.45) is 0 Å². The third-order valence-electron chi connectivity index (χ3n) is 2.04. The van der Waals surface area contributed by atoms with Crippen LogP contribution in [0.5, 0.6) is 5.88 Å². The van der Waals surface area contributed by atoms with Crippen molar-refractivity contribution in [3.05, 3.63) is 23.9 Å². The molecule has 0 aliphatic rings. The number of nitrogens with zero attached hydrogens (tertiary/aromatic N) is 2. The van der Waals surface area contributed by atoms with Gasteiger partial charge in [-0.15, -0.1) is 0 Å². The number of fused-ring (bicyclic) bond motifs is 1. The van der Waals surface area contributed by atoms with E-state index < -0.39 is 0 Å². The first-order valence-electron chi connectivity index (χ1n) is 4.00. The van der Waals surface area contributed by atoms with Crippen molar-refractivity contribution >= 4 is 11.0 Å². The number of aromatic nitrogens is 2. The number of nitrogen functional groups attached to an aromatic ring is 1. The first-order chi connectivity index (χ1) is 6.22. The summed E-state index contributed by atoms with van der Waals surface area (Å²) in [5.41, 5.74) is 2.86. The monoisotopic (exact) mass is 177 g/mol. The number of hydrogen-bond acceptors (Lipinski definition) is 3. The molecule has 0 amide bonds. The van der Waals surface area contributed by atoms with Crippen molar-refractivity contribution in [2.75, 3.05) is 13.0 Å². The maximum absolute atomic E-state index is 5.70. The summed E-state index contributed by atoms with van der Waals surface area (Å²) in [6.07, 6.45) is 1.84. The largest absolute Gasteiger partial charge is 0.481 e. The Balaban J connectivity index is 2.76. The maximum atomic E-state index is 5.70. The van der Waals surface area contributed by atoms with E-state index in [9.17, 15) is 0 Å². The Bertz CT molecular complexity index is 447. The smallest absolute Gasteiger partial charge is 0.213 e. The molecule has 0 bridgehead atoms. The molecule has 2 N–H and O–H groups in total. The Morgan fingerprint density at radius 1 is 1.46 bits per heavy atom. The number of rotatable bonds is 1. The summed E-state index contributed by atoms with van der Waals surface area (Å²) < 4.78 is 6.59. The lowest BCUT2D eigenvalue weighted by atomic mass is 10.3. The number of methoxy groups -OCH3 is 1. The third kappa shape index (κ3) is 1.11. The van der Waals surface area contributed by atoms with Gasteiger partial charge in [-0.25, -0.2) is 4.98 Å². The molecule has 2 rings (SSSR count). The van der Waals surface area contributed by atoms with E-state index in [0.29, 0.717) is 5.88 Å². The number of hydrogen-bond donors (Lipinski definition) is 1. The summed E-state index contributed by atoms with van der Waals surface area (Å²) in [6.45, 7) is 1.97. The Labute approximate surface area is 75.9 Å². The number of pyridine rings is 1. The molecule has 13 heavy (non-hydrogen) atoms. The van der Waals surface area contributed by atoms with E-state index in [-0.39, 0.29) is 0 Å². The highest BCUT2D eigenvalue weighted by molar-refractivity contribution is 5.80. The normalized spacial score (nSPS) is 10.6. The van der Waals surface area contributed by atoms with Gasteiger partial charge in [0.2, 0.25) is 5.88 Å². The molecule has 4 nitrogen and oxygen atoms in total.